The van der Waals surface area contributed by atoms with Gasteiger partial charge in [-0.1, -0.05) is 0 Å². The second-order valence-electron chi connectivity index (χ2n) is 6.84. The first kappa shape index (κ1) is 20.1. The summed E-state index contributed by atoms with van der Waals surface area (Å²) < 4.78 is 15.4. The number of aromatic nitrogens is 1. The summed E-state index contributed by atoms with van der Waals surface area (Å²) in [6, 6.07) is 3.86. The van der Waals surface area contributed by atoms with Crippen LogP contribution in [0.1, 0.15) is 13.3 Å². The Labute approximate surface area is 162 Å². The molecule has 3 heterocycles. The van der Waals surface area contributed by atoms with Gasteiger partial charge in [0.1, 0.15) is 5.82 Å². The van der Waals surface area contributed by atoms with Crippen molar-refractivity contribution >= 4 is 17.6 Å². The molecule has 0 saturated carbocycles. The molecule has 11 nitrogen and oxygen atoms in total. The fourth-order valence-corrected chi connectivity index (χ4v) is 3.38. The van der Waals surface area contributed by atoms with Crippen LogP contribution in [0.25, 0.3) is 0 Å². The van der Waals surface area contributed by atoms with E-state index in [9.17, 15) is 14.9 Å². The second kappa shape index (κ2) is 9.02. The van der Waals surface area contributed by atoms with Crippen molar-refractivity contribution in [1.82, 2.24) is 9.88 Å². The van der Waals surface area contributed by atoms with E-state index < -0.39 is 11.0 Å². The number of nitrogens with two attached hydrogens (primary N) is 1. The molecule has 1 aromatic heterocycles. The van der Waals surface area contributed by atoms with E-state index in [4.69, 9.17) is 15.2 Å². The summed E-state index contributed by atoms with van der Waals surface area (Å²) in [5, 5.41) is 11.3. The molecule has 1 amide bonds. The maximum Gasteiger partial charge on any atom is 0.404 e. The molecule has 0 radical (unpaired) electrons. The van der Waals surface area contributed by atoms with Crippen molar-refractivity contribution in [2.24, 2.45) is 5.73 Å². The van der Waals surface area contributed by atoms with Crippen molar-refractivity contribution in [1.29, 1.82) is 0 Å². The number of hydrogen-bond acceptors (Lipinski definition) is 9. The molecule has 3 rings (SSSR count). The molecule has 0 aliphatic carbocycles. The van der Waals surface area contributed by atoms with Crippen LogP contribution in [0.5, 0.6) is 5.88 Å². The zero-order valence-electron chi connectivity index (χ0n) is 15.8. The minimum absolute atomic E-state index is 0.0379. The van der Waals surface area contributed by atoms with Crippen LogP contribution in [0.3, 0.4) is 0 Å². The summed E-state index contributed by atoms with van der Waals surface area (Å²) in [7, 11) is 0. The molecular weight excluding hydrogens is 370 g/mol. The van der Waals surface area contributed by atoms with Gasteiger partial charge in [-0.2, -0.15) is 4.98 Å². The number of amides is 1. The predicted molar refractivity (Wildman–Crippen MR) is 99.5 cm³/mol. The molecule has 2 N–H and O–H groups in total. The van der Waals surface area contributed by atoms with E-state index in [2.05, 4.69) is 26.4 Å². The van der Waals surface area contributed by atoms with Crippen LogP contribution < -0.4 is 15.4 Å². The number of nitrogens with zero attached hydrogens (tertiary/aromatic N) is 4. The van der Waals surface area contributed by atoms with Crippen LogP contribution >= 0.6 is 0 Å². The molecule has 1 aromatic rings. The van der Waals surface area contributed by atoms with Crippen LogP contribution in [0, 0.1) is 10.1 Å². The van der Waals surface area contributed by atoms with Gasteiger partial charge in [-0.25, -0.2) is 4.79 Å². The van der Waals surface area contributed by atoms with Gasteiger partial charge in [0.25, 0.3) is 5.88 Å². The fraction of sp³-hybridized carbons (Fsp3) is 0.647. The van der Waals surface area contributed by atoms with Crippen LogP contribution in [0.4, 0.5) is 16.3 Å². The smallest absolute Gasteiger partial charge is 0.404 e. The van der Waals surface area contributed by atoms with Crippen molar-refractivity contribution < 1.29 is 23.9 Å². The summed E-state index contributed by atoms with van der Waals surface area (Å²) in [4.78, 5) is 30.2. The number of rotatable bonds is 8. The van der Waals surface area contributed by atoms with Gasteiger partial charge in [-0.05, 0) is 13.0 Å². The van der Waals surface area contributed by atoms with Crippen molar-refractivity contribution in [3.8, 4) is 5.88 Å². The Morgan fingerprint density at radius 2 is 2.18 bits per heavy atom. The number of anilines is 1. The van der Waals surface area contributed by atoms with Gasteiger partial charge in [0, 0.05) is 38.2 Å². The minimum Gasteiger partial charge on any atom is -0.473 e. The van der Waals surface area contributed by atoms with Gasteiger partial charge in [0.05, 0.1) is 37.4 Å². The SMILES string of the molecule is CC1CN(c2ccc([N+](=O)[O-])c(OCCCOC(N)=O)n2)CCN1C1COC1. The molecule has 2 aliphatic heterocycles. The van der Waals surface area contributed by atoms with E-state index in [1.807, 2.05) is 0 Å². The number of hydrogen-bond donors (Lipinski definition) is 1. The lowest BCUT2D eigenvalue weighted by Gasteiger charge is -2.46. The molecule has 11 heteroatoms. The minimum atomic E-state index is -0.868. The molecular formula is C17H25N5O6. The zero-order valence-corrected chi connectivity index (χ0v) is 15.8. The molecule has 0 bridgehead atoms. The van der Waals surface area contributed by atoms with Gasteiger partial charge < -0.3 is 24.8 Å². The number of primary amides is 1. The first-order chi connectivity index (χ1) is 13.5. The average Bonchev–Trinajstić information content (AvgIpc) is 2.61. The average molecular weight is 395 g/mol. The largest absolute Gasteiger partial charge is 0.473 e. The monoisotopic (exact) mass is 395 g/mol. The van der Waals surface area contributed by atoms with E-state index in [1.165, 1.54) is 6.07 Å². The van der Waals surface area contributed by atoms with Crippen LogP contribution in [0.2, 0.25) is 0 Å². The van der Waals surface area contributed by atoms with Crippen molar-refractivity contribution in [3.05, 3.63) is 22.2 Å². The molecule has 1 atom stereocenters. The number of pyridine rings is 1. The number of piperazine rings is 1. The quantitative estimate of drug-likeness (QED) is 0.385. The van der Waals surface area contributed by atoms with Crippen molar-refractivity contribution in [2.75, 3.05) is 51.0 Å². The molecule has 2 saturated heterocycles. The molecule has 1 unspecified atom stereocenters. The van der Waals surface area contributed by atoms with Gasteiger partial charge in [-0.3, -0.25) is 15.0 Å². The molecule has 0 aromatic carbocycles. The van der Waals surface area contributed by atoms with Crippen LogP contribution in [-0.2, 0) is 9.47 Å². The standard InChI is InChI=1S/C17H25N5O6/c1-12-9-20(5-6-21(12)13-10-26-11-13)15-4-3-14(22(24)25)16(19-15)27-7-2-8-28-17(18)23/h3-4,12-13H,2,5-11H2,1H3,(H2,18,23). The summed E-state index contributed by atoms with van der Waals surface area (Å²) in [6.07, 6.45) is -0.515. The third kappa shape index (κ3) is 4.78. The molecule has 154 valence electrons. The maximum atomic E-state index is 11.3. The van der Waals surface area contributed by atoms with Gasteiger partial charge in [0.15, 0.2) is 0 Å². The Bertz CT molecular complexity index is 713. The number of ether oxygens (including phenoxy) is 3. The maximum absolute atomic E-state index is 11.3. The van der Waals surface area contributed by atoms with Crippen molar-refractivity contribution in [3.63, 3.8) is 0 Å². The second-order valence-corrected chi connectivity index (χ2v) is 6.84. The fourth-order valence-electron chi connectivity index (χ4n) is 3.38. The normalized spacial score (nSPS) is 20.5. The van der Waals surface area contributed by atoms with Crippen LogP contribution in [0.15, 0.2) is 12.1 Å². The summed E-state index contributed by atoms with van der Waals surface area (Å²) in [6.45, 7) is 6.34. The Morgan fingerprint density at radius 1 is 1.39 bits per heavy atom. The number of carbonyl (C=O) groups is 1. The molecule has 2 aliphatic rings. The van der Waals surface area contributed by atoms with Crippen molar-refractivity contribution in [2.45, 2.75) is 25.4 Å². The lowest BCUT2D eigenvalue weighted by Crippen LogP contribution is -2.60. The third-order valence-electron chi connectivity index (χ3n) is 4.89. The van der Waals surface area contributed by atoms with E-state index in [0.717, 1.165) is 32.8 Å². The molecule has 28 heavy (non-hydrogen) atoms. The summed E-state index contributed by atoms with van der Waals surface area (Å²) in [5.74, 6) is 0.606. The third-order valence-corrected chi connectivity index (χ3v) is 4.89. The van der Waals surface area contributed by atoms with E-state index >= 15 is 0 Å². The Hall–Kier alpha value is -2.66. The summed E-state index contributed by atoms with van der Waals surface area (Å²) in [5.41, 5.74) is 4.69. The Balaban J connectivity index is 1.63. The highest BCUT2D eigenvalue weighted by atomic mass is 16.6. The van der Waals surface area contributed by atoms with E-state index in [-0.39, 0.29) is 24.8 Å². The molecule has 2 fully saturated rings. The Kier molecular flexibility index (Phi) is 6.47. The Morgan fingerprint density at radius 3 is 2.79 bits per heavy atom. The molecule has 0 spiro atoms. The highest BCUT2D eigenvalue weighted by Crippen LogP contribution is 2.29. The van der Waals surface area contributed by atoms with Gasteiger partial charge >= 0.3 is 11.8 Å². The highest BCUT2D eigenvalue weighted by Gasteiger charge is 2.34. The van der Waals surface area contributed by atoms with E-state index in [1.54, 1.807) is 6.07 Å². The van der Waals surface area contributed by atoms with Crippen LogP contribution in [-0.4, -0.2) is 79.0 Å². The van der Waals surface area contributed by atoms with Gasteiger partial charge in [0.2, 0.25) is 0 Å². The predicted octanol–water partition coefficient (Wildman–Crippen LogP) is 0.763. The van der Waals surface area contributed by atoms with E-state index in [0.29, 0.717) is 24.3 Å². The number of nitro groups is 1. The first-order valence-electron chi connectivity index (χ1n) is 9.24. The van der Waals surface area contributed by atoms with Gasteiger partial charge in [-0.15, -0.1) is 0 Å². The lowest BCUT2D eigenvalue weighted by atomic mass is 10.1. The highest BCUT2D eigenvalue weighted by molar-refractivity contribution is 5.64. The topological polar surface area (TPSA) is 133 Å². The number of carbonyl (C=O) groups excluding carboxylic acids is 1. The zero-order chi connectivity index (χ0) is 20.1. The lowest BCUT2D eigenvalue weighted by molar-refractivity contribution is -0.386. The summed E-state index contributed by atoms with van der Waals surface area (Å²) >= 11 is 0. The first-order valence-corrected chi connectivity index (χ1v) is 9.24.